The van der Waals surface area contributed by atoms with Crippen LogP contribution in [0.4, 0.5) is 0 Å². The van der Waals surface area contributed by atoms with Crippen LogP contribution in [0.25, 0.3) is 0 Å². The van der Waals surface area contributed by atoms with Gasteiger partial charge in [-0.3, -0.25) is 0 Å². The van der Waals surface area contributed by atoms with E-state index in [0.29, 0.717) is 0 Å². The Kier molecular flexibility index (Phi) is 2.98. The normalized spacial score (nSPS) is 25.5. The number of hydrogen-bond acceptors (Lipinski definition) is 2. The zero-order chi connectivity index (χ0) is 7.56. The monoisotopic (exact) mass is 175 g/mol. The van der Waals surface area contributed by atoms with Gasteiger partial charge in [0.1, 0.15) is 4.32 Å². The summed E-state index contributed by atoms with van der Waals surface area (Å²) >= 11 is 6.81. The van der Waals surface area contributed by atoms with Gasteiger partial charge in [0.05, 0.1) is 0 Å². The van der Waals surface area contributed by atoms with Crippen molar-refractivity contribution in [3.63, 3.8) is 0 Å². The fourth-order valence-corrected chi connectivity index (χ4v) is 2.70. The zero-order valence-electron chi connectivity index (χ0n) is 6.39. The van der Waals surface area contributed by atoms with E-state index >= 15 is 0 Å². The van der Waals surface area contributed by atoms with E-state index in [9.17, 15) is 0 Å². The van der Waals surface area contributed by atoms with Crippen LogP contribution in [0.5, 0.6) is 0 Å². The molecule has 0 bridgehead atoms. The fourth-order valence-electron chi connectivity index (χ4n) is 1.09. The van der Waals surface area contributed by atoms with Gasteiger partial charge in [0.25, 0.3) is 0 Å². The van der Waals surface area contributed by atoms with Gasteiger partial charge < -0.3 is 5.32 Å². The highest BCUT2D eigenvalue weighted by Crippen LogP contribution is 2.23. The predicted molar refractivity (Wildman–Crippen MR) is 51.4 cm³/mol. The van der Waals surface area contributed by atoms with Crippen LogP contribution in [0.15, 0.2) is 0 Å². The van der Waals surface area contributed by atoms with Crippen molar-refractivity contribution in [2.75, 3.05) is 6.54 Å². The Hall–Kier alpha value is 0.240. The Morgan fingerprint density at radius 1 is 1.80 bits per heavy atom. The van der Waals surface area contributed by atoms with Crippen molar-refractivity contribution < 1.29 is 0 Å². The minimum Gasteiger partial charge on any atom is -0.370 e. The summed E-state index contributed by atoms with van der Waals surface area (Å²) in [5, 5.41) is 3.90. The van der Waals surface area contributed by atoms with Gasteiger partial charge in [-0.05, 0) is 12.3 Å². The molecular formula is C7H13NS2. The van der Waals surface area contributed by atoms with Crippen LogP contribution in [-0.2, 0) is 0 Å². The van der Waals surface area contributed by atoms with Gasteiger partial charge in [0, 0.05) is 11.8 Å². The van der Waals surface area contributed by atoms with Crippen LogP contribution in [0.1, 0.15) is 20.3 Å². The lowest BCUT2D eigenvalue weighted by atomic mass is 10.1. The SMILES string of the molecule is CC(C)CC1CNC(=S)S1. The average Bonchev–Trinajstić information content (AvgIpc) is 2.13. The van der Waals surface area contributed by atoms with E-state index < -0.39 is 0 Å². The first-order chi connectivity index (χ1) is 4.68. The first-order valence-corrected chi connectivity index (χ1v) is 4.91. The molecule has 1 aliphatic heterocycles. The summed E-state index contributed by atoms with van der Waals surface area (Å²) in [6, 6.07) is 0. The van der Waals surface area contributed by atoms with Gasteiger partial charge in [-0.15, -0.1) is 0 Å². The van der Waals surface area contributed by atoms with Crippen molar-refractivity contribution in [3.8, 4) is 0 Å². The Morgan fingerprint density at radius 3 is 2.90 bits per heavy atom. The predicted octanol–water partition coefficient (Wildman–Crippen LogP) is 2.02. The lowest BCUT2D eigenvalue weighted by Crippen LogP contribution is -2.15. The first kappa shape index (κ1) is 8.34. The number of hydrogen-bond donors (Lipinski definition) is 1. The Labute approximate surface area is 72.0 Å². The van der Waals surface area contributed by atoms with E-state index in [0.717, 1.165) is 22.0 Å². The summed E-state index contributed by atoms with van der Waals surface area (Å²) in [7, 11) is 0. The summed E-state index contributed by atoms with van der Waals surface area (Å²) in [6.45, 7) is 5.57. The maximum Gasteiger partial charge on any atom is 0.134 e. The van der Waals surface area contributed by atoms with Gasteiger partial charge in [0.15, 0.2) is 0 Å². The second-order valence-corrected chi connectivity index (χ2v) is 5.02. The van der Waals surface area contributed by atoms with E-state index in [1.165, 1.54) is 6.42 Å². The minimum absolute atomic E-state index is 0.729. The highest BCUT2D eigenvalue weighted by molar-refractivity contribution is 8.23. The van der Waals surface area contributed by atoms with E-state index in [1.807, 2.05) is 11.8 Å². The van der Waals surface area contributed by atoms with E-state index in [-0.39, 0.29) is 0 Å². The number of thioether (sulfide) groups is 1. The maximum absolute atomic E-state index is 5.00. The third-order valence-electron chi connectivity index (χ3n) is 1.48. The van der Waals surface area contributed by atoms with Gasteiger partial charge in [-0.2, -0.15) is 0 Å². The van der Waals surface area contributed by atoms with Crippen molar-refractivity contribution >= 4 is 28.3 Å². The molecule has 0 saturated carbocycles. The molecule has 0 aromatic carbocycles. The number of rotatable bonds is 2. The van der Waals surface area contributed by atoms with E-state index in [1.54, 1.807) is 0 Å². The summed E-state index contributed by atoms with van der Waals surface area (Å²) < 4.78 is 0.977. The van der Waals surface area contributed by atoms with E-state index in [2.05, 4.69) is 19.2 Å². The fraction of sp³-hybridized carbons (Fsp3) is 0.857. The summed E-state index contributed by atoms with van der Waals surface area (Å²) in [5.74, 6) is 0.792. The van der Waals surface area contributed by atoms with Crippen molar-refractivity contribution in [1.29, 1.82) is 0 Å². The van der Waals surface area contributed by atoms with Crippen molar-refractivity contribution in [2.24, 2.45) is 5.92 Å². The van der Waals surface area contributed by atoms with Gasteiger partial charge in [-0.25, -0.2) is 0 Å². The molecule has 1 nitrogen and oxygen atoms in total. The Morgan fingerprint density at radius 2 is 2.50 bits per heavy atom. The maximum atomic E-state index is 5.00. The average molecular weight is 175 g/mol. The highest BCUT2D eigenvalue weighted by atomic mass is 32.2. The molecule has 1 atom stereocenters. The molecule has 3 heteroatoms. The largest absolute Gasteiger partial charge is 0.370 e. The first-order valence-electron chi connectivity index (χ1n) is 3.63. The molecule has 58 valence electrons. The summed E-state index contributed by atoms with van der Waals surface area (Å²) in [5.41, 5.74) is 0. The molecule has 10 heavy (non-hydrogen) atoms. The smallest absolute Gasteiger partial charge is 0.134 e. The third kappa shape index (κ3) is 2.46. The molecular weight excluding hydrogens is 162 g/mol. The second-order valence-electron chi connectivity index (χ2n) is 3.04. The molecule has 0 aromatic rings. The minimum atomic E-state index is 0.729. The summed E-state index contributed by atoms with van der Waals surface area (Å²) in [4.78, 5) is 0. The molecule has 0 radical (unpaired) electrons. The number of thiocarbonyl (C=S) groups is 1. The second kappa shape index (κ2) is 3.58. The van der Waals surface area contributed by atoms with Gasteiger partial charge in [0.2, 0.25) is 0 Å². The molecule has 1 saturated heterocycles. The zero-order valence-corrected chi connectivity index (χ0v) is 8.02. The molecule has 1 rings (SSSR count). The molecule has 0 amide bonds. The topological polar surface area (TPSA) is 12.0 Å². The summed E-state index contributed by atoms with van der Waals surface area (Å²) in [6.07, 6.45) is 1.28. The number of nitrogens with one attached hydrogen (secondary N) is 1. The van der Waals surface area contributed by atoms with Crippen molar-refractivity contribution in [1.82, 2.24) is 5.32 Å². The molecule has 1 aliphatic rings. The van der Waals surface area contributed by atoms with Crippen LogP contribution in [-0.4, -0.2) is 16.1 Å². The third-order valence-corrected chi connectivity index (χ3v) is 2.97. The quantitative estimate of drug-likeness (QED) is 0.645. The lowest BCUT2D eigenvalue weighted by Gasteiger charge is -2.08. The Bertz CT molecular complexity index is 134. The molecule has 0 spiro atoms. The highest BCUT2D eigenvalue weighted by Gasteiger charge is 2.19. The standard InChI is InChI=1S/C7H13NS2/c1-5(2)3-6-4-8-7(9)10-6/h5-6H,3-4H2,1-2H3,(H,8,9). The van der Waals surface area contributed by atoms with Crippen LogP contribution >= 0.6 is 24.0 Å². The van der Waals surface area contributed by atoms with Crippen LogP contribution < -0.4 is 5.32 Å². The van der Waals surface area contributed by atoms with Gasteiger partial charge >= 0.3 is 0 Å². The van der Waals surface area contributed by atoms with Crippen molar-refractivity contribution in [2.45, 2.75) is 25.5 Å². The molecule has 1 fully saturated rings. The molecule has 0 aromatic heterocycles. The molecule has 1 heterocycles. The van der Waals surface area contributed by atoms with Crippen molar-refractivity contribution in [3.05, 3.63) is 0 Å². The van der Waals surface area contributed by atoms with Crippen LogP contribution in [0.2, 0.25) is 0 Å². The molecule has 1 unspecified atom stereocenters. The molecule has 0 aliphatic carbocycles. The van der Waals surface area contributed by atoms with Gasteiger partial charge in [-0.1, -0.05) is 37.8 Å². The van der Waals surface area contributed by atoms with E-state index in [4.69, 9.17) is 12.2 Å². The van der Waals surface area contributed by atoms with Crippen LogP contribution in [0, 0.1) is 5.92 Å². The molecule has 1 N–H and O–H groups in total. The van der Waals surface area contributed by atoms with Crippen LogP contribution in [0.3, 0.4) is 0 Å². The lowest BCUT2D eigenvalue weighted by molar-refractivity contribution is 0.568. The Balaban J connectivity index is 2.24.